The molecule has 0 N–H and O–H groups in total. The Morgan fingerprint density at radius 2 is 1.88 bits per heavy atom. The van der Waals surface area contributed by atoms with Crippen LogP contribution in [0.3, 0.4) is 0 Å². The predicted octanol–water partition coefficient (Wildman–Crippen LogP) is 4.27. The van der Waals surface area contributed by atoms with E-state index in [1.165, 1.54) is 43.3 Å². The van der Waals surface area contributed by atoms with E-state index < -0.39 is 38.6 Å². The molecule has 0 fully saturated rings. The molecule has 0 radical (unpaired) electrons. The molecule has 0 saturated heterocycles. The number of hydrogen-bond acceptors (Lipinski definition) is 6. The number of sulfone groups is 1. The lowest BCUT2D eigenvalue weighted by Gasteiger charge is -2.13. The largest absolute Gasteiger partial charge is 0.298 e. The zero-order valence-electron chi connectivity index (χ0n) is 17.0. The Labute approximate surface area is 196 Å². The van der Waals surface area contributed by atoms with Gasteiger partial charge < -0.3 is 0 Å². The minimum absolute atomic E-state index is 0.00172. The average Bonchev–Trinajstić information content (AvgIpc) is 3.17. The van der Waals surface area contributed by atoms with E-state index in [-0.39, 0.29) is 42.9 Å². The number of fused-ring (bicyclic) bond motifs is 1. The van der Waals surface area contributed by atoms with Crippen LogP contribution in [0, 0.1) is 18.6 Å². The van der Waals surface area contributed by atoms with Crippen LogP contribution in [0.15, 0.2) is 57.5 Å². The van der Waals surface area contributed by atoms with Gasteiger partial charge in [-0.3, -0.25) is 14.2 Å². The summed E-state index contributed by atoms with van der Waals surface area (Å²) in [6.07, 6.45) is -0.315. The molecule has 0 aliphatic rings. The Morgan fingerprint density at radius 1 is 1.12 bits per heavy atom. The molecule has 0 atom stereocenters. The maximum Gasteiger partial charge on any atom is 0.266 e. The van der Waals surface area contributed by atoms with E-state index in [1.807, 2.05) is 0 Å². The van der Waals surface area contributed by atoms with Crippen molar-refractivity contribution in [1.82, 2.24) is 9.55 Å². The van der Waals surface area contributed by atoms with Crippen LogP contribution in [0.1, 0.15) is 11.4 Å². The first kappa shape index (κ1) is 23.2. The van der Waals surface area contributed by atoms with Crippen LogP contribution in [0.25, 0.3) is 16.6 Å². The first-order chi connectivity index (χ1) is 15.5. The van der Waals surface area contributed by atoms with Gasteiger partial charge in [0.25, 0.3) is 5.56 Å². The second-order valence-corrected chi connectivity index (χ2v) is 11.2. The average molecular weight is 509 g/mol. The highest BCUT2D eigenvalue weighted by Gasteiger charge is 2.22. The fourth-order valence-electron chi connectivity index (χ4n) is 3.42. The molecule has 4 rings (SSSR count). The Bertz CT molecular complexity index is 1580. The van der Waals surface area contributed by atoms with Gasteiger partial charge in [0, 0.05) is 6.42 Å². The maximum absolute atomic E-state index is 14.9. The number of benzene rings is 2. The summed E-state index contributed by atoms with van der Waals surface area (Å²) < 4.78 is 54.5. The van der Waals surface area contributed by atoms with E-state index in [9.17, 15) is 26.8 Å². The summed E-state index contributed by atoms with van der Waals surface area (Å²) in [6.45, 7) is 1.52. The van der Waals surface area contributed by atoms with Gasteiger partial charge in [0.1, 0.15) is 27.4 Å². The Balaban J connectivity index is 1.62. The number of ketones is 1. The third-order valence-electron chi connectivity index (χ3n) is 4.86. The molecule has 0 unspecified atom stereocenters. The van der Waals surface area contributed by atoms with E-state index >= 15 is 0 Å². The van der Waals surface area contributed by atoms with Crippen LogP contribution in [-0.4, -0.2) is 29.5 Å². The number of hydrogen-bond donors (Lipinski definition) is 0. The predicted molar refractivity (Wildman–Crippen MR) is 122 cm³/mol. The lowest BCUT2D eigenvalue weighted by atomic mass is 10.1. The van der Waals surface area contributed by atoms with Crippen LogP contribution in [0.4, 0.5) is 8.78 Å². The molecule has 170 valence electrons. The summed E-state index contributed by atoms with van der Waals surface area (Å²) in [7, 11) is -3.85. The molecule has 11 heteroatoms. The Hall–Kier alpha value is -2.95. The molecule has 0 amide bonds. The van der Waals surface area contributed by atoms with Gasteiger partial charge in [-0.05, 0) is 55.0 Å². The van der Waals surface area contributed by atoms with Crippen molar-refractivity contribution < 1.29 is 22.0 Å². The molecule has 0 saturated carbocycles. The van der Waals surface area contributed by atoms with Crippen LogP contribution in [0.2, 0.25) is 4.34 Å². The van der Waals surface area contributed by atoms with Gasteiger partial charge in [-0.25, -0.2) is 22.2 Å². The van der Waals surface area contributed by atoms with Crippen molar-refractivity contribution in [3.63, 3.8) is 0 Å². The zero-order valence-corrected chi connectivity index (χ0v) is 19.4. The number of aromatic nitrogens is 2. The van der Waals surface area contributed by atoms with Crippen molar-refractivity contribution in [2.45, 2.75) is 17.6 Å². The smallest absolute Gasteiger partial charge is 0.266 e. The molecule has 0 aliphatic heterocycles. The van der Waals surface area contributed by atoms with Crippen LogP contribution < -0.4 is 5.56 Å². The normalized spacial score (nSPS) is 11.8. The van der Waals surface area contributed by atoms with Crippen molar-refractivity contribution in [3.05, 3.63) is 86.2 Å². The van der Waals surface area contributed by atoms with Crippen LogP contribution >= 0.6 is 22.9 Å². The van der Waals surface area contributed by atoms with E-state index in [1.54, 1.807) is 0 Å². The minimum atomic E-state index is -3.85. The van der Waals surface area contributed by atoms with Crippen LogP contribution in [0.5, 0.6) is 0 Å². The van der Waals surface area contributed by atoms with Gasteiger partial charge in [0.2, 0.25) is 0 Å². The minimum Gasteiger partial charge on any atom is -0.298 e. The van der Waals surface area contributed by atoms with E-state index in [0.29, 0.717) is 0 Å². The quantitative estimate of drug-likeness (QED) is 0.388. The standard InChI is InChI=1S/C22H15ClF2N2O4S2/c1-12-26-18-4-3-14(24)10-16(18)22(29)27(12)19-5-2-13(9-17(19)25)8-15(28)11-33(30,31)21-7-6-20(23)32-21/h2-7,9-10H,8,11H2,1H3. The summed E-state index contributed by atoms with van der Waals surface area (Å²) in [5, 5.41) is -0.00172. The summed E-state index contributed by atoms with van der Waals surface area (Å²) in [5.41, 5.74) is -0.231. The first-order valence-corrected chi connectivity index (χ1v) is 12.4. The van der Waals surface area contributed by atoms with Gasteiger partial charge in [-0.15, -0.1) is 11.3 Å². The van der Waals surface area contributed by atoms with Crippen molar-refractivity contribution in [1.29, 1.82) is 0 Å². The summed E-state index contributed by atoms with van der Waals surface area (Å²) >= 11 is 6.61. The number of halogens is 3. The molecular weight excluding hydrogens is 494 g/mol. The number of Topliss-reactive ketones (excluding diaryl/α,β-unsaturated/α-hetero) is 1. The highest BCUT2D eigenvalue weighted by atomic mass is 35.5. The van der Waals surface area contributed by atoms with Crippen LogP contribution in [-0.2, 0) is 21.1 Å². The number of nitrogens with zero attached hydrogens (tertiary/aromatic N) is 2. The van der Waals surface area contributed by atoms with Gasteiger partial charge in [-0.2, -0.15) is 0 Å². The number of carbonyl (C=O) groups excluding carboxylic acids is 1. The fourth-order valence-corrected chi connectivity index (χ4v) is 6.23. The second-order valence-electron chi connectivity index (χ2n) is 7.28. The molecule has 2 aromatic heterocycles. The third-order valence-corrected chi connectivity index (χ3v) is 8.35. The molecule has 6 nitrogen and oxygen atoms in total. The lowest BCUT2D eigenvalue weighted by Crippen LogP contribution is -2.23. The molecule has 0 aliphatic carbocycles. The number of carbonyl (C=O) groups is 1. The van der Waals surface area contributed by atoms with Gasteiger partial charge in [0.15, 0.2) is 15.6 Å². The molecule has 33 heavy (non-hydrogen) atoms. The molecular formula is C22H15ClF2N2O4S2. The van der Waals surface area contributed by atoms with Gasteiger partial charge in [0.05, 0.1) is 20.9 Å². The maximum atomic E-state index is 14.9. The zero-order chi connectivity index (χ0) is 23.9. The molecule has 0 spiro atoms. The monoisotopic (exact) mass is 508 g/mol. The lowest BCUT2D eigenvalue weighted by molar-refractivity contribution is -0.116. The van der Waals surface area contributed by atoms with Gasteiger partial charge in [-0.1, -0.05) is 17.7 Å². The van der Waals surface area contributed by atoms with Crippen molar-refractivity contribution in [2.24, 2.45) is 0 Å². The van der Waals surface area contributed by atoms with E-state index in [2.05, 4.69) is 4.98 Å². The molecule has 2 aromatic carbocycles. The molecule has 2 heterocycles. The highest BCUT2D eigenvalue weighted by Crippen LogP contribution is 2.26. The van der Waals surface area contributed by atoms with E-state index in [0.717, 1.165) is 28.0 Å². The van der Waals surface area contributed by atoms with Crippen molar-refractivity contribution in [3.8, 4) is 5.69 Å². The Kier molecular flexibility index (Phi) is 6.17. The SMILES string of the molecule is Cc1nc2ccc(F)cc2c(=O)n1-c1ccc(CC(=O)CS(=O)(=O)c2ccc(Cl)s2)cc1F. The summed E-state index contributed by atoms with van der Waals surface area (Å²) in [4.78, 5) is 29.4. The number of thiophene rings is 1. The molecule has 0 bridgehead atoms. The first-order valence-electron chi connectivity index (χ1n) is 9.53. The topological polar surface area (TPSA) is 86.1 Å². The number of aryl methyl sites for hydroxylation is 1. The van der Waals surface area contributed by atoms with Crippen molar-refractivity contribution >= 4 is 49.5 Å². The van der Waals surface area contributed by atoms with E-state index in [4.69, 9.17) is 11.6 Å². The summed E-state index contributed by atoms with van der Waals surface area (Å²) in [5.74, 6) is -2.60. The fraction of sp³-hybridized carbons (Fsp3) is 0.136. The summed E-state index contributed by atoms with van der Waals surface area (Å²) in [6, 6.07) is 10.1. The second kappa shape index (κ2) is 8.77. The van der Waals surface area contributed by atoms with Gasteiger partial charge >= 0.3 is 0 Å². The third kappa shape index (κ3) is 4.73. The Morgan fingerprint density at radius 3 is 2.55 bits per heavy atom. The molecule has 4 aromatic rings. The highest BCUT2D eigenvalue weighted by molar-refractivity contribution is 7.94. The number of rotatable bonds is 6. The van der Waals surface area contributed by atoms with Crippen molar-refractivity contribution in [2.75, 3.05) is 5.75 Å².